The minimum Gasteiger partial charge on any atom is -0.444 e. The maximum Gasteiger partial charge on any atom is 0.412 e. The highest BCUT2D eigenvalue weighted by Crippen LogP contribution is 2.26. The van der Waals surface area contributed by atoms with E-state index in [-0.39, 0.29) is 5.91 Å². The summed E-state index contributed by atoms with van der Waals surface area (Å²) >= 11 is 0. The molecule has 22 heavy (non-hydrogen) atoms. The number of nitrogens with two attached hydrogens (primary N) is 1. The Morgan fingerprint density at radius 3 is 2.45 bits per heavy atom. The number of nitrogens with one attached hydrogen (secondary N) is 2. The normalized spacial score (nSPS) is 11.0. The van der Waals surface area contributed by atoms with Crippen LogP contribution in [0.3, 0.4) is 0 Å². The van der Waals surface area contributed by atoms with Crippen molar-refractivity contribution >= 4 is 23.4 Å². The van der Waals surface area contributed by atoms with Crippen molar-refractivity contribution in [2.45, 2.75) is 53.2 Å². The lowest BCUT2D eigenvalue weighted by molar-refractivity contribution is -0.120. The van der Waals surface area contributed by atoms with Gasteiger partial charge in [0.1, 0.15) is 5.60 Å². The van der Waals surface area contributed by atoms with Crippen molar-refractivity contribution in [3.8, 4) is 0 Å². The fourth-order valence-corrected chi connectivity index (χ4v) is 1.83. The van der Waals surface area contributed by atoms with Crippen molar-refractivity contribution in [3.63, 3.8) is 0 Å². The Balaban J connectivity index is 2.97. The third kappa shape index (κ3) is 5.27. The lowest BCUT2D eigenvalue weighted by atomic mass is 10.1. The summed E-state index contributed by atoms with van der Waals surface area (Å²) < 4.78 is 5.26. The van der Waals surface area contributed by atoms with Crippen LogP contribution >= 0.6 is 0 Å². The molecule has 0 aliphatic heterocycles. The van der Waals surface area contributed by atoms with Gasteiger partial charge in [-0.2, -0.15) is 0 Å². The van der Waals surface area contributed by atoms with E-state index >= 15 is 0 Å². The molecule has 4 N–H and O–H groups in total. The Morgan fingerprint density at radius 1 is 1.27 bits per heavy atom. The van der Waals surface area contributed by atoms with Crippen LogP contribution in [0.15, 0.2) is 12.1 Å². The van der Waals surface area contributed by atoms with E-state index in [1.165, 1.54) is 0 Å². The first-order valence-electron chi connectivity index (χ1n) is 7.28. The number of nitrogen functional groups attached to an aromatic ring is 1. The smallest absolute Gasteiger partial charge is 0.412 e. The SMILES string of the molecule is CCC(=O)NCc1ccc(N)c(C)c1NC(=O)OC(C)(C)C. The molecule has 122 valence electrons. The summed E-state index contributed by atoms with van der Waals surface area (Å²) in [6.07, 6.45) is -0.146. The molecule has 2 amide bonds. The third-order valence-electron chi connectivity index (χ3n) is 3.02. The van der Waals surface area contributed by atoms with Gasteiger partial charge in [0.15, 0.2) is 0 Å². The molecule has 0 spiro atoms. The molecule has 0 aliphatic rings. The van der Waals surface area contributed by atoms with Gasteiger partial charge in [0.05, 0.1) is 5.69 Å². The van der Waals surface area contributed by atoms with E-state index in [1.54, 1.807) is 39.8 Å². The van der Waals surface area contributed by atoms with Crippen LogP contribution in [0.2, 0.25) is 0 Å². The van der Waals surface area contributed by atoms with Gasteiger partial charge in [0, 0.05) is 18.7 Å². The van der Waals surface area contributed by atoms with Crippen LogP contribution in [-0.2, 0) is 16.1 Å². The van der Waals surface area contributed by atoms with Crippen LogP contribution in [0.5, 0.6) is 0 Å². The predicted octanol–water partition coefficient (Wildman–Crippen LogP) is 2.95. The topological polar surface area (TPSA) is 93.5 Å². The molecular weight excluding hydrogens is 282 g/mol. The number of carbonyl (C=O) groups excluding carboxylic acids is 2. The fourth-order valence-electron chi connectivity index (χ4n) is 1.83. The molecule has 0 aromatic heterocycles. The van der Waals surface area contributed by atoms with Crippen LogP contribution in [0, 0.1) is 6.92 Å². The van der Waals surface area contributed by atoms with Gasteiger partial charge in [0.2, 0.25) is 5.91 Å². The molecule has 0 aliphatic carbocycles. The van der Waals surface area contributed by atoms with E-state index in [4.69, 9.17) is 10.5 Å². The van der Waals surface area contributed by atoms with Crippen molar-refractivity contribution in [2.75, 3.05) is 11.1 Å². The van der Waals surface area contributed by atoms with Crippen molar-refractivity contribution in [2.24, 2.45) is 0 Å². The zero-order chi connectivity index (χ0) is 16.9. The summed E-state index contributed by atoms with van der Waals surface area (Å²) in [5, 5.41) is 5.51. The fraction of sp³-hybridized carbons (Fsp3) is 0.500. The third-order valence-corrected chi connectivity index (χ3v) is 3.02. The number of benzene rings is 1. The maximum atomic E-state index is 12.0. The molecular formula is C16H25N3O3. The molecule has 0 bridgehead atoms. The van der Waals surface area contributed by atoms with Gasteiger partial charge in [-0.3, -0.25) is 10.1 Å². The second kappa shape index (κ2) is 7.15. The largest absolute Gasteiger partial charge is 0.444 e. The Morgan fingerprint density at radius 2 is 1.91 bits per heavy atom. The molecule has 0 heterocycles. The number of hydrogen-bond acceptors (Lipinski definition) is 4. The van der Waals surface area contributed by atoms with Gasteiger partial charge in [-0.25, -0.2) is 4.79 Å². The number of hydrogen-bond donors (Lipinski definition) is 3. The molecule has 0 fully saturated rings. The monoisotopic (exact) mass is 307 g/mol. The molecule has 0 atom stereocenters. The van der Waals surface area contributed by atoms with Crippen molar-refractivity contribution in [3.05, 3.63) is 23.3 Å². The Kier molecular flexibility index (Phi) is 5.79. The molecule has 6 nitrogen and oxygen atoms in total. The quantitative estimate of drug-likeness (QED) is 0.745. The first-order valence-corrected chi connectivity index (χ1v) is 7.28. The summed E-state index contributed by atoms with van der Waals surface area (Å²) in [5.74, 6) is -0.0577. The second-order valence-corrected chi connectivity index (χ2v) is 6.07. The van der Waals surface area contributed by atoms with Crippen LogP contribution in [0.4, 0.5) is 16.2 Å². The molecule has 0 saturated carbocycles. The first-order chi connectivity index (χ1) is 10.1. The average molecular weight is 307 g/mol. The zero-order valence-electron chi connectivity index (χ0n) is 13.9. The van der Waals surface area contributed by atoms with Gasteiger partial charge in [-0.1, -0.05) is 13.0 Å². The number of ether oxygens (including phenoxy) is 1. The van der Waals surface area contributed by atoms with Gasteiger partial charge < -0.3 is 15.8 Å². The van der Waals surface area contributed by atoms with Gasteiger partial charge in [-0.05, 0) is 44.9 Å². The molecule has 1 aromatic rings. The standard InChI is InChI=1S/C16H25N3O3/c1-6-13(20)18-9-11-7-8-12(17)10(2)14(11)19-15(21)22-16(3,4)5/h7-8H,6,9,17H2,1-5H3,(H,18,20)(H,19,21). The van der Waals surface area contributed by atoms with Crippen LogP contribution in [0.25, 0.3) is 0 Å². The predicted molar refractivity (Wildman–Crippen MR) is 87.6 cm³/mol. The van der Waals surface area contributed by atoms with E-state index in [9.17, 15) is 9.59 Å². The maximum absolute atomic E-state index is 12.0. The van der Waals surface area contributed by atoms with E-state index in [0.717, 1.165) is 11.1 Å². The Labute approximate surface area is 131 Å². The molecule has 6 heteroatoms. The number of rotatable bonds is 4. The average Bonchev–Trinajstić information content (AvgIpc) is 2.40. The Bertz CT molecular complexity index is 562. The summed E-state index contributed by atoms with van der Waals surface area (Å²) in [6.45, 7) is 9.29. The van der Waals surface area contributed by atoms with E-state index in [0.29, 0.717) is 24.3 Å². The summed E-state index contributed by atoms with van der Waals surface area (Å²) in [7, 11) is 0. The van der Waals surface area contributed by atoms with Crippen molar-refractivity contribution < 1.29 is 14.3 Å². The van der Waals surface area contributed by atoms with Gasteiger partial charge >= 0.3 is 6.09 Å². The molecule has 0 radical (unpaired) electrons. The van der Waals surface area contributed by atoms with Gasteiger partial charge in [-0.15, -0.1) is 0 Å². The molecule has 1 rings (SSSR count). The summed E-state index contributed by atoms with van der Waals surface area (Å²) in [6, 6.07) is 3.54. The minimum atomic E-state index is -0.588. The van der Waals surface area contributed by atoms with Gasteiger partial charge in [0.25, 0.3) is 0 Å². The van der Waals surface area contributed by atoms with E-state index in [1.807, 2.05) is 6.92 Å². The number of anilines is 2. The number of carbonyl (C=O) groups is 2. The van der Waals surface area contributed by atoms with Crippen molar-refractivity contribution in [1.82, 2.24) is 5.32 Å². The molecule has 0 unspecified atom stereocenters. The van der Waals surface area contributed by atoms with Crippen LogP contribution < -0.4 is 16.4 Å². The van der Waals surface area contributed by atoms with E-state index in [2.05, 4.69) is 10.6 Å². The zero-order valence-corrected chi connectivity index (χ0v) is 13.9. The summed E-state index contributed by atoms with van der Waals surface area (Å²) in [4.78, 5) is 23.4. The Hall–Kier alpha value is -2.24. The highest BCUT2D eigenvalue weighted by atomic mass is 16.6. The molecule has 1 aromatic carbocycles. The minimum absolute atomic E-state index is 0.0577. The molecule has 0 saturated heterocycles. The lowest BCUT2D eigenvalue weighted by Crippen LogP contribution is -2.28. The highest BCUT2D eigenvalue weighted by molar-refractivity contribution is 5.88. The van der Waals surface area contributed by atoms with Crippen LogP contribution in [0.1, 0.15) is 45.2 Å². The van der Waals surface area contributed by atoms with Crippen LogP contribution in [-0.4, -0.2) is 17.6 Å². The lowest BCUT2D eigenvalue weighted by Gasteiger charge is -2.22. The van der Waals surface area contributed by atoms with E-state index < -0.39 is 11.7 Å². The first kappa shape index (κ1) is 17.8. The summed E-state index contributed by atoms with van der Waals surface area (Å²) in [5.41, 5.74) is 7.97. The number of amides is 2. The highest BCUT2D eigenvalue weighted by Gasteiger charge is 2.19. The second-order valence-electron chi connectivity index (χ2n) is 6.07. The van der Waals surface area contributed by atoms with Crippen molar-refractivity contribution in [1.29, 1.82) is 0 Å².